The van der Waals surface area contributed by atoms with Gasteiger partial charge in [-0.15, -0.1) is 12.4 Å². The molecule has 1 unspecified atom stereocenters. The van der Waals surface area contributed by atoms with Gasteiger partial charge in [-0.05, 0) is 57.1 Å². The lowest BCUT2D eigenvalue weighted by atomic mass is 9.88. The van der Waals surface area contributed by atoms with E-state index in [1.165, 1.54) is 0 Å². The lowest BCUT2D eigenvalue weighted by molar-refractivity contribution is -0.131. The highest BCUT2D eigenvalue weighted by atomic mass is 35.5. The largest absolute Gasteiger partial charge is 0.342 e. The highest BCUT2D eigenvalue weighted by molar-refractivity contribution is 5.95. The summed E-state index contributed by atoms with van der Waals surface area (Å²) in [6.45, 7) is 9.57. The highest BCUT2D eigenvalue weighted by Gasteiger charge is 2.28. The van der Waals surface area contributed by atoms with Crippen LogP contribution in [0.5, 0.6) is 0 Å². The third-order valence-electron chi connectivity index (χ3n) is 5.39. The molecule has 2 N–H and O–H groups in total. The van der Waals surface area contributed by atoms with Gasteiger partial charge >= 0.3 is 0 Å². The number of halogens is 1. The molecule has 0 aliphatic carbocycles. The molecule has 7 heteroatoms. The van der Waals surface area contributed by atoms with Crippen LogP contribution in [0.1, 0.15) is 20.8 Å². The second-order valence-corrected chi connectivity index (χ2v) is 6.98. The minimum absolute atomic E-state index is 0. The molecule has 2 aromatic rings. The number of anilines is 1. The summed E-state index contributed by atoms with van der Waals surface area (Å²) in [5.41, 5.74) is 1.80. The van der Waals surface area contributed by atoms with Gasteiger partial charge in [-0.25, -0.2) is 0 Å². The van der Waals surface area contributed by atoms with Crippen LogP contribution >= 0.6 is 12.4 Å². The molecular formula is C20H29ClN4O2. The minimum atomic E-state index is 0. The van der Waals surface area contributed by atoms with Crippen molar-refractivity contribution in [1.82, 2.24) is 14.8 Å². The Labute approximate surface area is 166 Å². The van der Waals surface area contributed by atoms with Crippen molar-refractivity contribution in [3.63, 3.8) is 0 Å². The first-order valence-electron chi connectivity index (χ1n) is 9.41. The van der Waals surface area contributed by atoms with E-state index < -0.39 is 0 Å². The summed E-state index contributed by atoms with van der Waals surface area (Å²) in [4.78, 5) is 26.6. The lowest BCUT2D eigenvalue weighted by Crippen LogP contribution is -2.48. The second-order valence-electron chi connectivity index (χ2n) is 6.98. The Hall–Kier alpha value is -2.05. The molecule has 1 aliphatic heterocycles. The van der Waals surface area contributed by atoms with Gasteiger partial charge in [0.15, 0.2) is 0 Å². The van der Waals surface area contributed by atoms with Crippen LogP contribution in [0, 0.1) is 11.8 Å². The summed E-state index contributed by atoms with van der Waals surface area (Å²) < 4.78 is 1.96. The van der Waals surface area contributed by atoms with Gasteiger partial charge in [-0.3, -0.25) is 9.59 Å². The summed E-state index contributed by atoms with van der Waals surface area (Å²) in [6.07, 6.45) is 1.93. The predicted molar refractivity (Wildman–Crippen MR) is 111 cm³/mol. The summed E-state index contributed by atoms with van der Waals surface area (Å²) in [6, 6.07) is 7.83. The van der Waals surface area contributed by atoms with Crippen LogP contribution in [-0.2, 0) is 16.1 Å². The van der Waals surface area contributed by atoms with Crippen molar-refractivity contribution in [2.75, 3.05) is 31.5 Å². The molecule has 2 heterocycles. The smallest absolute Gasteiger partial charge is 0.242 e. The number of hydrogen-bond donors (Lipinski definition) is 2. The van der Waals surface area contributed by atoms with E-state index in [9.17, 15) is 9.59 Å². The average Bonchev–Trinajstić information content (AvgIpc) is 2.96. The fraction of sp³-hybridized carbons (Fsp3) is 0.500. The molecule has 0 spiro atoms. The maximum Gasteiger partial charge on any atom is 0.242 e. The van der Waals surface area contributed by atoms with E-state index in [1.54, 1.807) is 0 Å². The molecule has 3 rings (SSSR count). The molecule has 2 amide bonds. The van der Waals surface area contributed by atoms with Crippen molar-refractivity contribution in [2.24, 2.45) is 11.8 Å². The standard InChI is InChI=1S/C20H28N4O2.ClH/c1-4-23(5-2)19(25)13-24-9-8-15-10-17(6-7-18(15)24)22-20(26)14(3)16-11-21-12-16;/h6-10,14,16,21H,4-5,11-13H2,1-3H3,(H,22,26);1H. The van der Waals surface area contributed by atoms with Gasteiger partial charge in [-0.2, -0.15) is 0 Å². The number of nitrogens with zero attached hydrogens (tertiary/aromatic N) is 2. The van der Waals surface area contributed by atoms with E-state index in [0.717, 1.165) is 42.8 Å². The third kappa shape index (κ3) is 4.62. The zero-order chi connectivity index (χ0) is 18.7. The monoisotopic (exact) mass is 392 g/mol. The molecule has 148 valence electrons. The van der Waals surface area contributed by atoms with Gasteiger partial charge in [0.2, 0.25) is 11.8 Å². The number of aromatic nitrogens is 1. The average molecular weight is 393 g/mol. The summed E-state index contributed by atoms with van der Waals surface area (Å²) in [5, 5.41) is 7.25. The normalized spacial score (nSPS) is 14.9. The van der Waals surface area contributed by atoms with Crippen molar-refractivity contribution in [1.29, 1.82) is 0 Å². The molecule has 1 aromatic heterocycles. The number of likely N-dealkylation sites (N-methyl/N-ethyl adjacent to an activating group) is 1. The summed E-state index contributed by atoms with van der Waals surface area (Å²) >= 11 is 0. The van der Waals surface area contributed by atoms with Crippen molar-refractivity contribution in [2.45, 2.75) is 27.3 Å². The fourth-order valence-corrected chi connectivity index (χ4v) is 3.37. The Kier molecular flexibility index (Phi) is 7.27. The molecule has 0 bridgehead atoms. The van der Waals surface area contributed by atoms with E-state index in [2.05, 4.69) is 10.6 Å². The molecule has 1 atom stereocenters. The molecule has 0 radical (unpaired) electrons. The lowest BCUT2D eigenvalue weighted by Gasteiger charge is -2.31. The summed E-state index contributed by atoms with van der Waals surface area (Å²) in [5.74, 6) is 0.606. The minimum Gasteiger partial charge on any atom is -0.342 e. The Morgan fingerprint density at radius 2 is 1.96 bits per heavy atom. The van der Waals surface area contributed by atoms with Crippen LogP contribution < -0.4 is 10.6 Å². The maximum absolute atomic E-state index is 12.4. The molecular weight excluding hydrogens is 364 g/mol. The third-order valence-corrected chi connectivity index (χ3v) is 5.39. The first kappa shape index (κ1) is 21.3. The first-order chi connectivity index (χ1) is 12.5. The Morgan fingerprint density at radius 3 is 2.56 bits per heavy atom. The van der Waals surface area contributed by atoms with Crippen molar-refractivity contribution >= 4 is 40.8 Å². The molecule has 6 nitrogen and oxygen atoms in total. The molecule has 1 saturated heterocycles. The van der Waals surface area contributed by atoms with E-state index in [4.69, 9.17) is 0 Å². The van der Waals surface area contributed by atoms with E-state index in [0.29, 0.717) is 12.5 Å². The fourth-order valence-electron chi connectivity index (χ4n) is 3.37. The number of amides is 2. The van der Waals surface area contributed by atoms with Gasteiger partial charge < -0.3 is 20.1 Å². The topological polar surface area (TPSA) is 66.4 Å². The van der Waals surface area contributed by atoms with Gasteiger partial charge in [0.05, 0.1) is 0 Å². The van der Waals surface area contributed by atoms with Gasteiger partial charge in [0.1, 0.15) is 6.54 Å². The van der Waals surface area contributed by atoms with Crippen LogP contribution in [0.2, 0.25) is 0 Å². The maximum atomic E-state index is 12.4. The quantitative estimate of drug-likeness (QED) is 0.761. The zero-order valence-electron chi connectivity index (χ0n) is 16.2. The van der Waals surface area contributed by atoms with Crippen LogP contribution in [0.25, 0.3) is 10.9 Å². The van der Waals surface area contributed by atoms with E-state index in [1.807, 2.05) is 60.7 Å². The molecule has 1 aromatic carbocycles. The number of fused-ring (bicyclic) bond motifs is 1. The van der Waals surface area contributed by atoms with Crippen molar-refractivity contribution < 1.29 is 9.59 Å². The number of rotatable bonds is 7. The van der Waals surface area contributed by atoms with Crippen LogP contribution in [0.3, 0.4) is 0 Å². The van der Waals surface area contributed by atoms with Crippen molar-refractivity contribution in [3.05, 3.63) is 30.5 Å². The predicted octanol–water partition coefficient (Wildman–Crippen LogP) is 2.73. The molecule has 27 heavy (non-hydrogen) atoms. The number of carbonyl (C=O) groups excluding carboxylic acids is 2. The number of benzene rings is 1. The Morgan fingerprint density at radius 1 is 1.26 bits per heavy atom. The molecule has 1 fully saturated rings. The van der Waals surface area contributed by atoms with E-state index in [-0.39, 0.29) is 30.1 Å². The second kappa shape index (κ2) is 9.24. The number of carbonyl (C=O) groups is 2. The first-order valence-corrected chi connectivity index (χ1v) is 9.41. The van der Waals surface area contributed by atoms with Crippen LogP contribution in [0.4, 0.5) is 5.69 Å². The Balaban J connectivity index is 0.00000261. The summed E-state index contributed by atoms with van der Waals surface area (Å²) in [7, 11) is 0. The SMILES string of the molecule is CCN(CC)C(=O)Cn1ccc2cc(NC(=O)C(C)C3CNC3)ccc21.Cl. The zero-order valence-corrected chi connectivity index (χ0v) is 17.0. The van der Waals surface area contributed by atoms with Crippen LogP contribution in [0.15, 0.2) is 30.5 Å². The van der Waals surface area contributed by atoms with Gasteiger partial charge in [0.25, 0.3) is 0 Å². The van der Waals surface area contributed by atoms with Gasteiger partial charge in [0, 0.05) is 41.8 Å². The molecule has 1 aliphatic rings. The van der Waals surface area contributed by atoms with Crippen LogP contribution in [-0.4, -0.2) is 47.5 Å². The highest BCUT2D eigenvalue weighted by Crippen LogP contribution is 2.23. The van der Waals surface area contributed by atoms with E-state index >= 15 is 0 Å². The van der Waals surface area contributed by atoms with Crippen molar-refractivity contribution in [3.8, 4) is 0 Å². The Bertz CT molecular complexity index is 796. The number of nitrogens with one attached hydrogen (secondary N) is 2. The molecule has 0 saturated carbocycles. The van der Waals surface area contributed by atoms with Gasteiger partial charge in [-0.1, -0.05) is 6.92 Å². The number of hydrogen-bond acceptors (Lipinski definition) is 3.